The van der Waals surface area contributed by atoms with Crippen molar-refractivity contribution in [3.05, 3.63) is 76.3 Å². The monoisotopic (exact) mass is 643 g/mol. The Bertz CT molecular complexity index is 1420. The molecule has 11 heteroatoms. The molecule has 0 fully saturated rings. The number of hydrogen-bond acceptors (Lipinski definition) is 6. The lowest BCUT2D eigenvalue weighted by atomic mass is 9.98. The minimum Gasteiger partial charge on any atom is -0.507 e. The Morgan fingerprint density at radius 1 is 0.878 bits per heavy atom. The van der Waals surface area contributed by atoms with E-state index in [0.29, 0.717) is 10.2 Å². The van der Waals surface area contributed by atoms with Gasteiger partial charge in [-0.25, -0.2) is 4.79 Å². The van der Waals surface area contributed by atoms with E-state index < -0.39 is 41.8 Å². The van der Waals surface area contributed by atoms with Crippen molar-refractivity contribution in [3.8, 4) is 5.75 Å². The Morgan fingerprint density at radius 3 is 2.22 bits per heavy atom. The van der Waals surface area contributed by atoms with E-state index in [1.54, 1.807) is 19.9 Å². The van der Waals surface area contributed by atoms with E-state index >= 15 is 0 Å². The third kappa shape index (κ3) is 8.96. The SMILES string of the molecule is CSCC[C@H](NC(=O)[C@H](Cc1ccc2ccccc2c1)NC(=O)[C@@H](NC(=O)c1cc(Br)ccc1O)C(C)C)C(=O)O. The molecule has 0 unspecified atom stereocenters. The van der Waals surface area contributed by atoms with E-state index in [-0.39, 0.29) is 30.1 Å². The van der Waals surface area contributed by atoms with Crippen LogP contribution in [0.3, 0.4) is 0 Å². The zero-order valence-corrected chi connectivity index (χ0v) is 25.4. The van der Waals surface area contributed by atoms with E-state index in [9.17, 15) is 29.4 Å². The minimum absolute atomic E-state index is 0.0126. The molecular weight excluding hydrogens is 610 g/mol. The molecule has 0 saturated heterocycles. The van der Waals surface area contributed by atoms with Crippen LogP contribution in [0.1, 0.15) is 36.2 Å². The van der Waals surface area contributed by atoms with Crippen LogP contribution < -0.4 is 16.0 Å². The van der Waals surface area contributed by atoms with Crippen LogP contribution in [0, 0.1) is 5.92 Å². The first-order chi connectivity index (χ1) is 19.5. The van der Waals surface area contributed by atoms with E-state index in [4.69, 9.17) is 0 Å². The number of rotatable bonds is 13. The molecule has 0 heterocycles. The van der Waals surface area contributed by atoms with Gasteiger partial charge in [0.15, 0.2) is 0 Å². The molecule has 0 aliphatic carbocycles. The number of thioether (sulfide) groups is 1. The number of carbonyl (C=O) groups is 4. The van der Waals surface area contributed by atoms with Crippen LogP contribution in [0.5, 0.6) is 5.75 Å². The Morgan fingerprint density at radius 2 is 1.56 bits per heavy atom. The highest BCUT2D eigenvalue weighted by Gasteiger charge is 2.31. The summed E-state index contributed by atoms with van der Waals surface area (Å²) >= 11 is 4.74. The molecule has 0 spiro atoms. The van der Waals surface area contributed by atoms with Crippen molar-refractivity contribution >= 4 is 62.2 Å². The summed E-state index contributed by atoms with van der Waals surface area (Å²) in [4.78, 5) is 51.7. The molecule has 3 rings (SSSR count). The molecule has 0 aliphatic heterocycles. The number of phenols is 1. The third-order valence-electron chi connectivity index (χ3n) is 6.55. The lowest BCUT2D eigenvalue weighted by Crippen LogP contribution is -2.57. The second-order valence-electron chi connectivity index (χ2n) is 9.98. The van der Waals surface area contributed by atoms with Crippen molar-refractivity contribution in [2.24, 2.45) is 5.92 Å². The number of hydrogen-bond donors (Lipinski definition) is 5. The number of amides is 3. The van der Waals surface area contributed by atoms with Crippen LogP contribution in [0.4, 0.5) is 0 Å². The zero-order chi connectivity index (χ0) is 30.1. The van der Waals surface area contributed by atoms with Crippen LogP contribution in [-0.2, 0) is 20.8 Å². The molecule has 3 aromatic rings. The number of aromatic hydroxyl groups is 1. The number of nitrogens with one attached hydrogen (secondary N) is 3. The van der Waals surface area contributed by atoms with Gasteiger partial charge in [0.1, 0.15) is 23.9 Å². The minimum atomic E-state index is -1.16. The van der Waals surface area contributed by atoms with Crippen molar-refractivity contribution in [1.29, 1.82) is 0 Å². The standard InChI is InChI=1S/C30H34BrN3O6S/c1-17(2)26(34-27(36)22-16-21(31)10-11-25(22)35)29(38)33-24(28(37)32-23(30(39)40)12-13-41-3)15-18-8-9-19-6-4-5-7-20(19)14-18/h4-11,14,16-17,23-24,26,35H,12-13,15H2,1-3H3,(H,32,37)(H,33,38)(H,34,36)(H,39,40)/t23-,24-,26-/m0/s1. The Kier molecular flexibility index (Phi) is 11.6. The molecule has 218 valence electrons. The maximum Gasteiger partial charge on any atom is 0.326 e. The van der Waals surface area contributed by atoms with E-state index in [1.807, 2.05) is 48.7 Å². The number of carbonyl (C=O) groups excluding carboxylic acids is 3. The van der Waals surface area contributed by atoms with Crippen LogP contribution in [0.25, 0.3) is 10.8 Å². The molecule has 3 atom stereocenters. The number of benzene rings is 3. The number of halogens is 1. The van der Waals surface area contributed by atoms with Crippen LogP contribution in [0.2, 0.25) is 0 Å². The molecule has 41 heavy (non-hydrogen) atoms. The van der Waals surface area contributed by atoms with E-state index in [2.05, 4.69) is 31.9 Å². The predicted octanol–water partition coefficient (Wildman–Crippen LogP) is 4.11. The smallest absolute Gasteiger partial charge is 0.326 e. The largest absolute Gasteiger partial charge is 0.507 e. The summed E-state index contributed by atoms with van der Waals surface area (Å²) in [6.45, 7) is 3.49. The summed E-state index contributed by atoms with van der Waals surface area (Å²) in [6, 6.07) is 14.5. The number of fused-ring (bicyclic) bond motifs is 1. The number of carboxylic acid groups (broad SMARTS) is 1. The third-order valence-corrected chi connectivity index (χ3v) is 7.69. The normalized spacial score (nSPS) is 13.3. The average molecular weight is 645 g/mol. The molecule has 0 aliphatic rings. The summed E-state index contributed by atoms with van der Waals surface area (Å²) in [5.74, 6) is -3.15. The summed E-state index contributed by atoms with van der Waals surface area (Å²) in [5.41, 5.74) is 0.755. The fourth-order valence-electron chi connectivity index (χ4n) is 4.28. The highest BCUT2D eigenvalue weighted by Crippen LogP contribution is 2.22. The molecule has 3 aromatic carbocycles. The van der Waals surface area contributed by atoms with Crippen molar-refractivity contribution in [1.82, 2.24) is 16.0 Å². The van der Waals surface area contributed by atoms with Gasteiger partial charge in [-0.05, 0) is 58.9 Å². The number of aliphatic carboxylic acids is 1. The summed E-state index contributed by atoms with van der Waals surface area (Å²) in [7, 11) is 0. The highest BCUT2D eigenvalue weighted by atomic mass is 79.9. The molecule has 0 saturated carbocycles. The van der Waals surface area contributed by atoms with Crippen molar-refractivity contribution < 1.29 is 29.4 Å². The molecule has 0 aromatic heterocycles. The first-order valence-electron chi connectivity index (χ1n) is 13.1. The van der Waals surface area contributed by atoms with Gasteiger partial charge in [-0.2, -0.15) is 11.8 Å². The Hall–Kier alpha value is -3.57. The van der Waals surface area contributed by atoms with Gasteiger partial charge in [-0.3, -0.25) is 14.4 Å². The molecule has 5 N–H and O–H groups in total. The second-order valence-corrected chi connectivity index (χ2v) is 11.9. The lowest BCUT2D eigenvalue weighted by molar-refractivity contribution is -0.142. The van der Waals surface area contributed by atoms with E-state index in [1.165, 1.54) is 23.9 Å². The van der Waals surface area contributed by atoms with Crippen LogP contribution >= 0.6 is 27.7 Å². The van der Waals surface area contributed by atoms with Crippen LogP contribution in [0.15, 0.2) is 65.1 Å². The number of phenolic OH excluding ortho intramolecular Hbond substituents is 1. The fraction of sp³-hybridized carbons (Fsp3) is 0.333. The van der Waals surface area contributed by atoms with Gasteiger partial charge in [0.25, 0.3) is 5.91 Å². The Labute approximate surface area is 251 Å². The molecule has 0 radical (unpaired) electrons. The maximum absolute atomic E-state index is 13.5. The fourth-order valence-corrected chi connectivity index (χ4v) is 5.11. The molecular formula is C30H34BrN3O6S. The summed E-state index contributed by atoms with van der Waals surface area (Å²) in [6.07, 6.45) is 2.17. The van der Waals surface area contributed by atoms with Gasteiger partial charge >= 0.3 is 5.97 Å². The summed E-state index contributed by atoms with van der Waals surface area (Å²) < 4.78 is 0.576. The quantitative estimate of drug-likeness (QED) is 0.188. The Balaban J connectivity index is 1.86. The van der Waals surface area contributed by atoms with Gasteiger partial charge < -0.3 is 26.2 Å². The topological polar surface area (TPSA) is 145 Å². The van der Waals surface area contributed by atoms with Gasteiger partial charge in [0, 0.05) is 10.9 Å². The molecule has 3 amide bonds. The molecule has 9 nitrogen and oxygen atoms in total. The van der Waals surface area contributed by atoms with Crippen molar-refractivity contribution in [2.75, 3.05) is 12.0 Å². The second kappa shape index (κ2) is 14.9. The van der Waals surface area contributed by atoms with Gasteiger partial charge in [-0.1, -0.05) is 72.2 Å². The van der Waals surface area contributed by atoms with Crippen molar-refractivity contribution in [3.63, 3.8) is 0 Å². The van der Waals surface area contributed by atoms with Crippen LogP contribution in [-0.4, -0.2) is 64.0 Å². The zero-order valence-electron chi connectivity index (χ0n) is 23.0. The van der Waals surface area contributed by atoms with Gasteiger partial charge in [-0.15, -0.1) is 0 Å². The summed E-state index contributed by atoms with van der Waals surface area (Å²) in [5, 5.41) is 29.8. The van der Waals surface area contributed by atoms with Gasteiger partial charge in [0.05, 0.1) is 5.56 Å². The first kappa shape index (κ1) is 32.0. The number of carboxylic acids is 1. The maximum atomic E-state index is 13.5. The molecule has 0 bridgehead atoms. The van der Waals surface area contributed by atoms with Gasteiger partial charge in [0.2, 0.25) is 11.8 Å². The van der Waals surface area contributed by atoms with E-state index in [0.717, 1.165) is 16.3 Å². The first-order valence-corrected chi connectivity index (χ1v) is 15.3. The lowest BCUT2D eigenvalue weighted by Gasteiger charge is -2.26. The predicted molar refractivity (Wildman–Crippen MR) is 164 cm³/mol. The highest BCUT2D eigenvalue weighted by molar-refractivity contribution is 9.10. The van der Waals surface area contributed by atoms with Crippen molar-refractivity contribution in [2.45, 2.75) is 44.8 Å². The average Bonchev–Trinajstić information content (AvgIpc) is 2.94.